The zero-order valence-electron chi connectivity index (χ0n) is 13.2. The van der Waals surface area contributed by atoms with E-state index < -0.39 is 5.60 Å². The molecule has 3 nitrogen and oxygen atoms in total. The van der Waals surface area contributed by atoms with Gasteiger partial charge >= 0.3 is 0 Å². The van der Waals surface area contributed by atoms with Gasteiger partial charge < -0.3 is 10.4 Å². The average molecular weight is 286 g/mol. The Morgan fingerprint density at radius 3 is 2.90 bits per heavy atom. The lowest BCUT2D eigenvalue weighted by atomic mass is 9.79. The Kier molecular flexibility index (Phi) is 5.03. The number of aryl methyl sites for hydroxylation is 1. The van der Waals surface area contributed by atoms with E-state index in [1.165, 1.54) is 5.56 Å². The third-order valence-electron chi connectivity index (χ3n) is 4.49. The molecule has 1 aliphatic carbocycles. The molecule has 0 heterocycles. The van der Waals surface area contributed by atoms with Gasteiger partial charge in [0.1, 0.15) is 5.60 Å². The molecule has 0 aliphatic heterocycles. The van der Waals surface area contributed by atoms with Gasteiger partial charge in [-0.15, -0.1) is 0 Å². The van der Waals surface area contributed by atoms with Crippen molar-refractivity contribution in [2.24, 2.45) is 5.41 Å². The number of aliphatic hydroxyl groups is 1. The van der Waals surface area contributed by atoms with Crippen LogP contribution in [0.2, 0.25) is 0 Å². The first-order valence-electron chi connectivity index (χ1n) is 7.85. The molecule has 1 atom stereocenters. The van der Waals surface area contributed by atoms with Gasteiger partial charge in [0.25, 0.3) is 0 Å². The standard InChI is InChI=1S/C18H26N2O/c1-17(2,10-6-12-19)13-20-14-18(21)11-5-8-15-7-3-4-9-16(15)18/h3-4,7,9,20-21H,5-6,8,10-11,13-14H2,1-2H3. The maximum absolute atomic E-state index is 11.0. The van der Waals surface area contributed by atoms with Crippen molar-refractivity contribution in [3.8, 4) is 6.07 Å². The van der Waals surface area contributed by atoms with Crippen molar-refractivity contribution in [2.45, 2.75) is 51.6 Å². The van der Waals surface area contributed by atoms with E-state index >= 15 is 0 Å². The summed E-state index contributed by atoms with van der Waals surface area (Å²) in [5.74, 6) is 0. The second kappa shape index (κ2) is 6.60. The predicted molar refractivity (Wildman–Crippen MR) is 84.8 cm³/mol. The van der Waals surface area contributed by atoms with E-state index in [0.29, 0.717) is 13.0 Å². The molecule has 0 radical (unpaired) electrons. The summed E-state index contributed by atoms with van der Waals surface area (Å²) < 4.78 is 0. The number of rotatable bonds is 6. The highest BCUT2D eigenvalue weighted by atomic mass is 16.3. The van der Waals surface area contributed by atoms with Gasteiger partial charge in [0.2, 0.25) is 0 Å². The Balaban J connectivity index is 1.96. The van der Waals surface area contributed by atoms with Crippen LogP contribution in [0.4, 0.5) is 0 Å². The van der Waals surface area contributed by atoms with Gasteiger partial charge in [-0.25, -0.2) is 0 Å². The van der Waals surface area contributed by atoms with Crippen LogP contribution in [0.3, 0.4) is 0 Å². The molecule has 0 saturated carbocycles. The Bertz CT molecular complexity index is 518. The van der Waals surface area contributed by atoms with Gasteiger partial charge in [-0.3, -0.25) is 0 Å². The number of hydrogen-bond donors (Lipinski definition) is 2. The largest absolute Gasteiger partial charge is 0.384 e. The number of hydrogen-bond acceptors (Lipinski definition) is 3. The first-order valence-corrected chi connectivity index (χ1v) is 7.85. The third-order valence-corrected chi connectivity index (χ3v) is 4.49. The van der Waals surface area contributed by atoms with Crippen LogP contribution in [-0.4, -0.2) is 18.2 Å². The molecule has 0 fully saturated rings. The summed E-state index contributed by atoms with van der Waals surface area (Å²) in [6.07, 6.45) is 4.38. The van der Waals surface area contributed by atoms with Crippen LogP contribution in [0.5, 0.6) is 0 Å². The zero-order valence-corrected chi connectivity index (χ0v) is 13.2. The summed E-state index contributed by atoms with van der Waals surface area (Å²) >= 11 is 0. The quantitative estimate of drug-likeness (QED) is 0.844. The SMILES string of the molecule is CC(C)(CCC#N)CNCC1(O)CCCc2ccccc21. The third kappa shape index (κ3) is 4.06. The summed E-state index contributed by atoms with van der Waals surface area (Å²) in [5.41, 5.74) is 1.69. The molecule has 21 heavy (non-hydrogen) atoms. The molecule has 0 aromatic heterocycles. The molecular weight excluding hydrogens is 260 g/mol. The van der Waals surface area contributed by atoms with Crippen molar-refractivity contribution in [3.63, 3.8) is 0 Å². The van der Waals surface area contributed by atoms with Crippen LogP contribution in [0.1, 0.15) is 50.7 Å². The minimum Gasteiger partial charge on any atom is -0.384 e. The molecule has 0 spiro atoms. The molecule has 2 N–H and O–H groups in total. The number of benzene rings is 1. The smallest absolute Gasteiger partial charge is 0.102 e. The normalized spacial score (nSPS) is 21.6. The van der Waals surface area contributed by atoms with Gasteiger partial charge in [0.15, 0.2) is 0 Å². The molecule has 1 aromatic rings. The zero-order chi connectivity index (χ0) is 15.3. The van der Waals surface area contributed by atoms with Crippen LogP contribution < -0.4 is 5.32 Å². The molecule has 1 aromatic carbocycles. The van der Waals surface area contributed by atoms with E-state index in [-0.39, 0.29) is 5.41 Å². The summed E-state index contributed by atoms with van der Waals surface area (Å²) in [4.78, 5) is 0. The number of nitrogens with zero attached hydrogens (tertiary/aromatic N) is 1. The van der Waals surface area contributed by atoms with E-state index in [0.717, 1.165) is 37.8 Å². The van der Waals surface area contributed by atoms with Crippen molar-refractivity contribution in [1.82, 2.24) is 5.32 Å². The molecular formula is C18H26N2O. The Morgan fingerprint density at radius 1 is 1.38 bits per heavy atom. The fourth-order valence-electron chi connectivity index (χ4n) is 3.17. The molecule has 0 saturated heterocycles. The highest BCUT2D eigenvalue weighted by Crippen LogP contribution is 2.34. The van der Waals surface area contributed by atoms with E-state index in [4.69, 9.17) is 5.26 Å². The Hall–Kier alpha value is -1.37. The van der Waals surface area contributed by atoms with E-state index in [9.17, 15) is 5.11 Å². The summed E-state index contributed by atoms with van der Waals surface area (Å²) in [6, 6.07) is 10.4. The molecule has 114 valence electrons. The monoisotopic (exact) mass is 286 g/mol. The lowest BCUT2D eigenvalue weighted by molar-refractivity contribution is 0.0172. The lowest BCUT2D eigenvalue weighted by Crippen LogP contribution is -2.43. The van der Waals surface area contributed by atoms with E-state index in [1.54, 1.807) is 0 Å². The Morgan fingerprint density at radius 2 is 2.14 bits per heavy atom. The highest BCUT2D eigenvalue weighted by molar-refractivity contribution is 5.35. The fraction of sp³-hybridized carbons (Fsp3) is 0.611. The first kappa shape index (κ1) is 16.0. The fourth-order valence-corrected chi connectivity index (χ4v) is 3.17. The lowest BCUT2D eigenvalue weighted by Gasteiger charge is -2.36. The van der Waals surface area contributed by atoms with Crippen molar-refractivity contribution in [2.75, 3.05) is 13.1 Å². The molecule has 0 bridgehead atoms. The Labute approximate surface area is 128 Å². The van der Waals surface area contributed by atoms with Gasteiger partial charge in [0, 0.05) is 19.5 Å². The maximum Gasteiger partial charge on any atom is 0.102 e. The van der Waals surface area contributed by atoms with Gasteiger partial charge in [-0.2, -0.15) is 5.26 Å². The summed E-state index contributed by atoms with van der Waals surface area (Å²) in [7, 11) is 0. The number of nitriles is 1. The van der Waals surface area contributed by atoms with Crippen molar-refractivity contribution in [3.05, 3.63) is 35.4 Å². The first-order chi connectivity index (χ1) is 9.97. The molecule has 0 amide bonds. The van der Waals surface area contributed by atoms with Crippen LogP contribution in [0, 0.1) is 16.7 Å². The van der Waals surface area contributed by atoms with Gasteiger partial charge in [0.05, 0.1) is 6.07 Å². The van der Waals surface area contributed by atoms with Crippen molar-refractivity contribution in [1.29, 1.82) is 5.26 Å². The van der Waals surface area contributed by atoms with Gasteiger partial charge in [-0.1, -0.05) is 38.1 Å². The minimum absolute atomic E-state index is 0.0836. The minimum atomic E-state index is -0.750. The van der Waals surface area contributed by atoms with Gasteiger partial charge in [-0.05, 0) is 42.2 Å². The summed E-state index contributed by atoms with van der Waals surface area (Å²) in [6.45, 7) is 5.73. The van der Waals surface area contributed by atoms with Crippen LogP contribution in [0.15, 0.2) is 24.3 Å². The highest BCUT2D eigenvalue weighted by Gasteiger charge is 2.34. The average Bonchev–Trinajstić information content (AvgIpc) is 2.45. The molecule has 2 rings (SSSR count). The maximum atomic E-state index is 11.0. The topological polar surface area (TPSA) is 56.0 Å². The molecule has 1 aliphatic rings. The second-order valence-electron chi connectivity index (χ2n) is 6.97. The molecule has 3 heteroatoms. The van der Waals surface area contributed by atoms with Crippen LogP contribution in [0.25, 0.3) is 0 Å². The number of fused-ring (bicyclic) bond motifs is 1. The van der Waals surface area contributed by atoms with E-state index in [1.807, 2.05) is 12.1 Å². The van der Waals surface area contributed by atoms with Crippen molar-refractivity contribution < 1.29 is 5.11 Å². The summed E-state index contributed by atoms with van der Waals surface area (Å²) in [5, 5.41) is 23.1. The molecule has 1 unspecified atom stereocenters. The van der Waals surface area contributed by atoms with Crippen LogP contribution >= 0.6 is 0 Å². The predicted octanol–water partition coefficient (Wildman–Crippen LogP) is 3.13. The number of nitrogens with one attached hydrogen (secondary N) is 1. The second-order valence-corrected chi connectivity index (χ2v) is 6.97. The van der Waals surface area contributed by atoms with Crippen LogP contribution in [-0.2, 0) is 12.0 Å². The van der Waals surface area contributed by atoms with Crippen molar-refractivity contribution >= 4 is 0 Å². The van der Waals surface area contributed by atoms with E-state index in [2.05, 4.69) is 37.4 Å².